The topological polar surface area (TPSA) is 29.5 Å². The fourth-order valence-corrected chi connectivity index (χ4v) is 3.45. The lowest BCUT2D eigenvalue weighted by molar-refractivity contribution is -0.114. The molecule has 0 saturated heterocycles. The molecule has 0 bridgehead atoms. The zero-order valence-electron chi connectivity index (χ0n) is 15.0. The summed E-state index contributed by atoms with van der Waals surface area (Å²) in [5.74, 6) is 1.07. The van der Waals surface area contributed by atoms with Crippen LogP contribution >= 0.6 is 0 Å². The van der Waals surface area contributed by atoms with Gasteiger partial charge in [0, 0.05) is 19.6 Å². The van der Waals surface area contributed by atoms with E-state index >= 15 is 0 Å². The van der Waals surface area contributed by atoms with Crippen molar-refractivity contribution >= 4 is 5.78 Å². The van der Waals surface area contributed by atoms with Crippen LogP contribution < -0.4 is 4.74 Å². The average molecular weight is 335 g/mol. The zero-order chi connectivity index (χ0) is 17.6. The molecule has 0 amide bonds. The Balaban J connectivity index is 1.75. The van der Waals surface area contributed by atoms with Gasteiger partial charge in [-0.25, -0.2) is 0 Å². The molecule has 0 aliphatic carbocycles. The molecule has 3 rings (SSSR count). The standard InChI is InChI=1S/C22H25NO2/c1-17(24)22-12-13-23(15-19-6-4-3-5-7-19)16-20(22)14-18-8-10-21(25-2)11-9-18/h3-11H,12-16H2,1-2H3. The SMILES string of the molecule is COc1ccc(CC2=C(C(C)=O)CCN(Cc3ccccc3)C2)cc1. The number of ketones is 1. The Morgan fingerprint density at radius 3 is 2.40 bits per heavy atom. The van der Waals surface area contributed by atoms with Crippen molar-refractivity contribution in [2.45, 2.75) is 26.3 Å². The number of ether oxygens (including phenoxy) is 1. The van der Waals surface area contributed by atoms with Crippen molar-refractivity contribution in [1.29, 1.82) is 0 Å². The Morgan fingerprint density at radius 2 is 1.76 bits per heavy atom. The first kappa shape index (κ1) is 17.4. The van der Waals surface area contributed by atoms with Crippen molar-refractivity contribution in [1.82, 2.24) is 4.90 Å². The first-order valence-electron chi connectivity index (χ1n) is 8.76. The lowest BCUT2D eigenvalue weighted by atomic mass is 9.92. The van der Waals surface area contributed by atoms with Gasteiger partial charge in [0.1, 0.15) is 5.75 Å². The molecule has 3 nitrogen and oxygen atoms in total. The Morgan fingerprint density at radius 1 is 1.04 bits per heavy atom. The largest absolute Gasteiger partial charge is 0.497 e. The van der Waals surface area contributed by atoms with Gasteiger partial charge in [-0.1, -0.05) is 42.5 Å². The molecule has 130 valence electrons. The predicted octanol–water partition coefficient (Wildman–Crippen LogP) is 4.03. The van der Waals surface area contributed by atoms with Crippen LogP contribution in [0.2, 0.25) is 0 Å². The Bertz CT molecular complexity index is 747. The second kappa shape index (κ2) is 8.13. The Hall–Kier alpha value is -2.39. The molecule has 1 heterocycles. The van der Waals surface area contributed by atoms with Crippen LogP contribution in [0.4, 0.5) is 0 Å². The van der Waals surface area contributed by atoms with Crippen LogP contribution in [0.3, 0.4) is 0 Å². The summed E-state index contributed by atoms with van der Waals surface area (Å²) in [5.41, 5.74) is 4.80. The average Bonchev–Trinajstić information content (AvgIpc) is 2.63. The molecule has 0 spiro atoms. The van der Waals surface area contributed by atoms with Gasteiger partial charge in [-0.2, -0.15) is 0 Å². The Kier molecular flexibility index (Phi) is 5.67. The number of hydrogen-bond acceptors (Lipinski definition) is 3. The van der Waals surface area contributed by atoms with Gasteiger partial charge >= 0.3 is 0 Å². The van der Waals surface area contributed by atoms with Crippen LogP contribution in [0.5, 0.6) is 5.75 Å². The molecular formula is C22H25NO2. The quantitative estimate of drug-likeness (QED) is 0.798. The molecule has 0 N–H and O–H groups in total. The van der Waals surface area contributed by atoms with Crippen LogP contribution in [0.15, 0.2) is 65.7 Å². The molecule has 2 aromatic carbocycles. The minimum absolute atomic E-state index is 0.211. The van der Waals surface area contributed by atoms with E-state index in [0.29, 0.717) is 0 Å². The van der Waals surface area contributed by atoms with Crippen molar-refractivity contribution < 1.29 is 9.53 Å². The lowest BCUT2D eigenvalue weighted by Gasteiger charge is -2.30. The molecule has 1 aliphatic rings. The van der Waals surface area contributed by atoms with Gasteiger partial charge in [-0.15, -0.1) is 0 Å². The first-order valence-corrected chi connectivity index (χ1v) is 8.76. The highest BCUT2D eigenvalue weighted by Gasteiger charge is 2.21. The van der Waals surface area contributed by atoms with Gasteiger partial charge in [0.05, 0.1) is 7.11 Å². The number of methoxy groups -OCH3 is 1. The van der Waals surface area contributed by atoms with Gasteiger partial charge in [-0.3, -0.25) is 9.69 Å². The summed E-state index contributed by atoms with van der Waals surface area (Å²) in [4.78, 5) is 14.5. The highest BCUT2D eigenvalue weighted by Crippen LogP contribution is 2.24. The summed E-state index contributed by atoms with van der Waals surface area (Å²) in [6, 6.07) is 18.6. The fourth-order valence-electron chi connectivity index (χ4n) is 3.45. The van der Waals surface area contributed by atoms with Crippen LogP contribution in [-0.4, -0.2) is 30.9 Å². The maximum absolute atomic E-state index is 12.1. The van der Waals surface area contributed by atoms with E-state index in [1.54, 1.807) is 14.0 Å². The fraction of sp³-hybridized carbons (Fsp3) is 0.318. The summed E-state index contributed by atoms with van der Waals surface area (Å²) in [6.45, 7) is 4.42. The smallest absolute Gasteiger partial charge is 0.155 e. The number of carbonyl (C=O) groups is 1. The van der Waals surface area contributed by atoms with Crippen LogP contribution in [-0.2, 0) is 17.8 Å². The summed E-state index contributed by atoms with van der Waals surface area (Å²) in [7, 11) is 1.67. The van der Waals surface area contributed by atoms with Gasteiger partial charge < -0.3 is 4.74 Å². The monoisotopic (exact) mass is 335 g/mol. The van der Waals surface area contributed by atoms with E-state index in [0.717, 1.165) is 43.8 Å². The minimum atomic E-state index is 0.211. The number of hydrogen-bond donors (Lipinski definition) is 0. The van der Waals surface area contributed by atoms with Gasteiger partial charge in [0.15, 0.2) is 5.78 Å². The molecular weight excluding hydrogens is 310 g/mol. The molecule has 25 heavy (non-hydrogen) atoms. The molecule has 0 unspecified atom stereocenters. The third-order valence-electron chi connectivity index (χ3n) is 4.77. The number of carbonyl (C=O) groups excluding carboxylic acids is 1. The van der Waals surface area contributed by atoms with Crippen LogP contribution in [0.25, 0.3) is 0 Å². The summed E-state index contributed by atoms with van der Waals surface area (Å²) < 4.78 is 5.23. The zero-order valence-corrected chi connectivity index (χ0v) is 15.0. The van der Waals surface area contributed by atoms with Gasteiger partial charge in [0.2, 0.25) is 0 Å². The highest BCUT2D eigenvalue weighted by atomic mass is 16.5. The highest BCUT2D eigenvalue weighted by molar-refractivity contribution is 5.94. The van der Waals surface area contributed by atoms with E-state index in [4.69, 9.17) is 4.74 Å². The Labute approximate surface area is 149 Å². The molecule has 0 aromatic heterocycles. The van der Waals surface area contributed by atoms with Gasteiger partial charge in [0.25, 0.3) is 0 Å². The van der Waals surface area contributed by atoms with Crippen LogP contribution in [0, 0.1) is 0 Å². The third-order valence-corrected chi connectivity index (χ3v) is 4.77. The van der Waals surface area contributed by atoms with Gasteiger partial charge in [-0.05, 0) is 54.2 Å². The molecule has 2 aromatic rings. The molecule has 0 atom stereocenters. The van der Waals surface area contributed by atoms with Crippen molar-refractivity contribution in [3.8, 4) is 5.75 Å². The second-order valence-electron chi connectivity index (χ2n) is 6.61. The van der Waals surface area contributed by atoms with E-state index in [2.05, 4.69) is 41.3 Å². The van der Waals surface area contributed by atoms with Crippen molar-refractivity contribution in [2.24, 2.45) is 0 Å². The number of nitrogens with zero attached hydrogens (tertiary/aromatic N) is 1. The summed E-state index contributed by atoms with van der Waals surface area (Å²) in [5, 5.41) is 0. The van der Waals surface area contributed by atoms with E-state index in [1.807, 2.05) is 18.2 Å². The van der Waals surface area contributed by atoms with E-state index in [1.165, 1.54) is 16.7 Å². The van der Waals surface area contributed by atoms with Crippen molar-refractivity contribution in [3.05, 3.63) is 76.9 Å². The summed E-state index contributed by atoms with van der Waals surface area (Å²) >= 11 is 0. The van der Waals surface area contributed by atoms with E-state index in [9.17, 15) is 4.79 Å². The summed E-state index contributed by atoms with van der Waals surface area (Å²) in [6.07, 6.45) is 1.66. The molecule has 1 aliphatic heterocycles. The number of Topliss-reactive ketones (excluding diaryl/α,β-unsaturated/α-hetero) is 1. The van der Waals surface area contributed by atoms with E-state index in [-0.39, 0.29) is 5.78 Å². The molecule has 3 heteroatoms. The lowest BCUT2D eigenvalue weighted by Crippen LogP contribution is -2.33. The minimum Gasteiger partial charge on any atom is -0.497 e. The van der Waals surface area contributed by atoms with E-state index < -0.39 is 0 Å². The maximum atomic E-state index is 12.1. The predicted molar refractivity (Wildman–Crippen MR) is 101 cm³/mol. The number of benzene rings is 2. The first-order chi connectivity index (χ1) is 12.2. The molecule has 0 fully saturated rings. The maximum Gasteiger partial charge on any atom is 0.155 e. The second-order valence-corrected chi connectivity index (χ2v) is 6.61. The number of rotatable bonds is 6. The van der Waals surface area contributed by atoms with Crippen molar-refractivity contribution in [3.63, 3.8) is 0 Å². The molecule has 0 radical (unpaired) electrons. The normalized spacial score (nSPS) is 15.3. The molecule has 0 saturated carbocycles. The van der Waals surface area contributed by atoms with Crippen molar-refractivity contribution in [2.75, 3.05) is 20.2 Å². The third kappa shape index (κ3) is 4.58. The van der Waals surface area contributed by atoms with Crippen LogP contribution in [0.1, 0.15) is 24.5 Å².